The number of nitrogens with zero attached hydrogens (tertiary/aromatic N) is 1. The van der Waals surface area contributed by atoms with Gasteiger partial charge in [0.25, 0.3) is 0 Å². The van der Waals surface area contributed by atoms with Crippen molar-refractivity contribution >= 4 is 0 Å². The zero-order valence-corrected chi connectivity index (χ0v) is 18.0. The van der Waals surface area contributed by atoms with Crippen molar-refractivity contribution in [3.05, 3.63) is 70.8 Å². The molecule has 4 rings (SSSR count). The summed E-state index contributed by atoms with van der Waals surface area (Å²) in [5, 5.41) is 12.3. The van der Waals surface area contributed by atoms with Gasteiger partial charge in [0.05, 0.1) is 26.2 Å². The first-order valence-corrected chi connectivity index (χ1v) is 11.0. The van der Waals surface area contributed by atoms with E-state index < -0.39 is 5.60 Å². The smallest absolute Gasteiger partial charge is 0.115 e. The predicted octanol–water partition coefficient (Wildman–Crippen LogP) is 5.34. The average Bonchev–Trinajstić information content (AvgIpc) is 2.63. The van der Waals surface area contributed by atoms with E-state index in [-0.39, 0.29) is 0 Å². The van der Waals surface area contributed by atoms with Crippen LogP contribution in [-0.4, -0.2) is 35.8 Å². The van der Waals surface area contributed by atoms with Crippen molar-refractivity contribution in [2.75, 3.05) is 14.1 Å². The van der Waals surface area contributed by atoms with Gasteiger partial charge >= 0.3 is 0 Å². The number of hydrogen-bond acceptors (Lipinski definition) is 1. The second-order valence-electron chi connectivity index (χ2n) is 9.90. The summed E-state index contributed by atoms with van der Waals surface area (Å²) < 4.78 is 1.18. The summed E-state index contributed by atoms with van der Waals surface area (Å²) >= 11 is 0. The molecular formula is C26H36NO+. The van der Waals surface area contributed by atoms with Crippen molar-refractivity contribution in [3.63, 3.8) is 0 Å². The van der Waals surface area contributed by atoms with E-state index in [9.17, 15) is 5.11 Å². The highest BCUT2D eigenvalue weighted by atomic mass is 16.3. The number of aliphatic hydroxyl groups is 1. The molecule has 2 bridgehead atoms. The molecule has 1 N–H and O–H groups in total. The summed E-state index contributed by atoms with van der Waals surface area (Å²) in [6.45, 7) is 4.27. The molecular weight excluding hydrogens is 342 g/mol. The summed E-state index contributed by atoms with van der Waals surface area (Å²) in [4.78, 5) is 0. The van der Waals surface area contributed by atoms with E-state index in [4.69, 9.17) is 0 Å². The lowest BCUT2D eigenvalue weighted by atomic mass is 9.69. The van der Waals surface area contributed by atoms with Gasteiger partial charge in [-0.1, -0.05) is 48.5 Å². The molecule has 2 unspecified atom stereocenters. The molecule has 0 aliphatic carbocycles. The number of fused-ring (bicyclic) bond motifs is 2. The molecule has 2 aromatic carbocycles. The molecule has 0 saturated carbocycles. The van der Waals surface area contributed by atoms with Gasteiger partial charge in [-0.25, -0.2) is 0 Å². The van der Waals surface area contributed by atoms with E-state index in [1.54, 1.807) is 0 Å². The second kappa shape index (κ2) is 7.31. The number of benzene rings is 2. The van der Waals surface area contributed by atoms with E-state index >= 15 is 0 Å². The molecule has 28 heavy (non-hydrogen) atoms. The van der Waals surface area contributed by atoms with Gasteiger partial charge in [-0.15, -0.1) is 0 Å². The summed E-state index contributed by atoms with van der Waals surface area (Å²) in [7, 11) is 4.86. The molecule has 2 heteroatoms. The molecule has 0 radical (unpaired) electrons. The second-order valence-corrected chi connectivity index (χ2v) is 9.90. The average molecular weight is 379 g/mol. The van der Waals surface area contributed by atoms with E-state index in [1.807, 2.05) is 0 Å². The Morgan fingerprint density at radius 2 is 1.32 bits per heavy atom. The number of quaternary nitrogens is 1. The van der Waals surface area contributed by atoms with Crippen molar-refractivity contribution in [1.29, 1.82) is 0 Å². The molecule has 2 nitrogen and oxygen atoms in total. The number of piperidine rings is 2. The van der Waals surface area contributed by atoms with Crippen LogP contribution < -0.4 is 0 Å². The maximum Gasteiger partial charge on any atom is 0.115 e. The predicted molar refractivity (Wildman–Crippen MR) is 116 cm³/mol. The summed E-state index contributed by atoms with van der Waals surface area (Å²) in [6.07, 6.45) is 7.37. The Bertz CT molecular complexity index is 778. The summed E-state index contributed by atoms with van der Waals surface area (Å²) in [5.41, 5.74) is 3.60. The lowest BCUT2D eigenvalue weighted by Gasteiger charge is -2.54. The minimum atomic E-state index is -0.913. The molecule has 2 atom stereocenters. The SMILES string of the molecule is Cc1ccccc1C(O)(CC1CC2CCCC(C1)[N+]2(C)C)c1ccccc1C. The van der Waals surface area contributed by atoms with Crippen LogP contribution >= 0.6 is 0 Å². The van der Waals surface area contributed by atoms with Crippen LogP contribution in [0, 0.1) is 19.8 Å². The Balaban J connectivity index is 1.72. The summed E-state index contributed by atoms with van der Waals surface area (Å²) in [5.74, 6) is 0.575. The van der Waals surface area contributed by atoms with Gasteiger partial charge in [0.2, 0.25) is 0 Å². The van der Waals surface area contributed by atoms with Crippen LogP contribution in [0.4, 0.5) is 0 Å². The zero-order chi connectivity index (χ0) is 19.9. The quantitative estimate of drug-likeness (QED) is 0.712. The minimum absolute atomic E-state index is 0.575. The van der Waals surface area contributed by atoms with Crippen molar-refractivity contribution in [2.45, 2.75) is 70.1 Å². The molecule has 150 valence electrons. The van der Waals surface area contributed by atoms with E-state index in [1.165, 1.54) is 47.7 Å². The van der Waals surface area contributed by atoms with Gasteiger partial charge in [0, 0.05) is 12.8 Å². The standard InChI is InChI=1S/C26H36NO/c1-19-10-5-7-14-24(19)26(28,25-15-8-6-11-20(25)2)18-21-16-22-12-9-13-23(17-21)27(22,3)4/h5-8,10-11,14-15,21-23,28H,9,12-13,16-18H2,1-4H3/q+1. The summed E-state index contributed by atoms with van der Waals surface area (Å²) in [6, 6.07) is 18.3. The molecule has 2 heterocycles. The molecule has 2 aromatic rings. The number of hydrogen-bond donors (Lipinski definition) is 1. The lowest BCUT2D eigenvalue weighted by Crippen LogP contribution is -2.62. The molecule has 2 aliphatic heterocycles. The molecule has 0 aromatic heterocycles. The van der Waals surface area contributed by atoms with E-state index in [0.29, 0.717) is 5.92 Å². The molecule has 0 amide bonds. The Labute approximate surface area is 170 Å². The highest BCUT2D eigenvalue weighted by Gasteiger charge is 2.48. The highest BCUT2D eigenvalue weighted by molar-refractivity contribution is 5.43. The van der Waals surface area contributed by atoms with Crippen LogP contribution in [0.3, 0.4) is 0 Å². The third kappa shape index (κ3) is 3.31. The van der Waals surface area contributed by atoms with Crippen LogP contribution in [0.2, 0.25) is 0 Å². The van der Waals surface area contributed by atoms with Gasteiger partial charge in [-0.05, 0) is 67.7 Å². The van der Waals surface area contributed by atoms with Crippen LogP contribution in [0.1, 0.15) is 60.8 Å². The van der Waals surface area contributed by atoms with E-state index in [0.717, 1.165) is 29.6 Å². The molecule has 2 aliphatic rings. The first kappa shape index (κ1) is 19.7. The van der Waals surface area contributed by atoms with Crippen molar-refractivity contribution in [3.8, 4) is 0 Å². The Morgan fingerprint density at radius 1 is 0.857 bits per heavy atom. The first-order valence-electron chi connectivity index (χ1n) is 11.0. The lowest BCUT2D eigenvalue weighted by molar-refractivity contribution is -0.950. The largest absolute Gasteiger partial charge is 0.380 e. The Hall–Kier alpha value is -1.64. The fourth-order valence-electron chi connectivity index (χ4n) is 6.22. The van der Waals surface area contributed by atoms with Crippen molar-refractivity contribution in [2.24, 2.45) is 5.92 Å². The number of rotatable bonds is 4. The van der Waals surface area contributed by atoms with Crippen molar-refractivity contribution in [1.82, 2.24) is 0 Å². The normalized spacial score (nSPS) is 26.8. The number of aryl methyl sites for hydroxylation is 2. The van der Waals surface area contributed by atoms with Gasteiger partial charge in [0.1, 0.15) is 5.60 Å². The Morgan fingerprint density at radius 3 is 1.79 bits per heavy atom. The maximum atomic E-state index is 12.3. The molecule has 2 saturated heterocycles. The first-order chi connectivity index (χ1) is 13.3. The van der Waals surface area contributed by atoms with Gasteiger partial charge in [-0.2, -0.15) is 0 Å². The molecule has 0 spiro atoms. The fourth-order valence-corrected chi connectivity index (χ4v) is 6.22. The van der Waals surface area contributed by atoms with Crippen LogP contribution in [0.5, 0.6) is 0 Å². The van der Waals surface area contributed by atoms with Crippen LogP contribution in [-0.2, 0) is 5.60 Å². The third-order valence-corrected chi connectivity index (χ3v) is 7.93. The van der Waals surface area contributed by atoms with Gasteiger partial charge < -0.3 is 9.59 Å². The maximum absolute atomic E-state index is 12.3. The van der Waals surface area contributed by atoms with Crippen LogP contribution in [0.25, 0.3) is 0 Å². The van der Waals surface area contributed by atoms with E-state index in [2.05, 4.69) is 76.5 Å². The topological polar surface area (TPSA) is 20.2 Å². The highest BCUT2D eigenvalue weighted by Crippen LogP contribution is 2.46. The minimum Gasteiger partial charge on any atom is -0.380 e. The van der Waals surface area contributed by atoms with Gasteiger partial charge in [-0.3, -0.25) is 0 Å². The Kier molecular flexibility index (Phi) is 5.14. The monoisotopic (exact) mass is 378 g/mol. The molecule has 2 fully saturated rings. The van der Waals surface area contributed by atoms with Crippen molar-refractivity contribution < 1.29 is 9.59 Å². The zero-order valence-electron chi connectivity index (χ0n) is 18.0. The van der Waals surface area contributed by atoms with Crippen LogP contribution in [0.15, 0.2) is 48.5 Å². The van der Waals surface area contributed by atoms with Gasteiger partial charge in [0.15, 0.2) is 0 Å². The fraction of sp³-hybridized carbons (Fsp3) is 0.538. The third-order valence-electron chi connectivity index (χ3n) is 7.93.